The fourth-order valence-electron chi connectivity index (χ4n) is 3.83. The van der Waals surface area contributed by atoms with Crippen LogP contribution in [0.25, 0.3) is 0 Å². The maximum atomic E-state index is 12.6. The summed E-state index contributed by atoms with van der Waals surface area (Å²) in [6.45, 7) is 7.09. The number of ether oxygens (including phenoxy) is 2. The van der Waals surface area contributed by atoms with Crippen molar-refractivity contribution in [2.45, 2.75) is 37.9 Å². The highest BCUT2D eigenvalue weighted by molar-refractivity contribution is 5.85. The SMILES string of the molecule is Cl.Cl.NC[C@H]1CC[C@@H](C(=O)N2CCCC(CN3CCOCC3)C2)O1. The van der Waals surface area contributed by atoms with E-state index in [9.17, 15) is 4.79 Å². The number of hydrogen-bond acceptors (Lipinski definition) is 5. The molecule has 0 spiro atoms. The van der Waals surface area contributed by atoms with Gasteiger partial charge >= 0.3 is 0 Å². The van der Waals surface area contributed by atoms with Gasteiger partial charge < -0.3 is 20.1 Å². The monoisotopic (exact) mass is 383 g/mol. The number of piperidine rings is 1. The van der Waals surface area contributed by atoms with E-state index in [1.165, 1.54) is 6.42 Å². The number of nitrogens with two attached hydrogens (primary N) is 1. The van der Waals surface area contributed by atoms with Gasteiger partial charge in [0.05, 0.1) is 19.3 Å². The van der Waals surface area contributed by atoms with Crippen molar-refractivity contribution in [3.63, 3.8) is 0 Å². The third-order valence-electron chi connectivity index (χ3n) is 5.10. The highest BCUT2D eigenvalue weighted by Gasteiger charge is 2.35. The molecule has 3 heterocycles. The lowest BCUT2D eigenvalue weighted by molar-refractivity contribution is -0.144. The van der Waals surface area contributed by atoms with Crippen LogP contribution in [0, 0.1) is 5.92 Å². The van der Waals surface area contributed by atoms with Gasteiger partial charge in [-0.3, -0.25) is 9.69 Å². The molecule has 6 nitrogen and oxygen atoms in total. The third-order valence-corrected chi connectivity index (χ3v) is 5.10. The molecule has 3 fully saturated rings. The van der Waals surface area contributed by atoms with Gasteiger partial charge in [-0.05, 0) is 31.6 Å². The first-order chi connectivity index (χ1) is 10.8. The summed E-state index contributed by atoms with van der Waals surface area (Å²) in [7, 11) is 0. The summed E-state index contributed by atoms with van der Waals surface area (Å²) in [4.78, 5) is 17.1. The summed E-state index contributed by atoms with van der Waals surface area (Å²) >= 11 is 0. The Bertz CT molecular complexity index is 384. The van der Waals surface area contributed by atoms with Crippen molar-refractivity contribution < 1.29 is 14.3 Å². The van der Waals surface area contributed by atoms with Crippen LogP contribution in [0.3, 0.4) is 0 Å². The smallest absolute Gasteiger partial charge is 0.251 e. The molecule has 3 aliphatic rings. The van der Waals surface area contributed by atoms with Gasteiger partial charge in [-0.15, -0.1) is 24.8 Å². The molecule has 0 radical (unpaired) electrons. The zero-order valence-corrected chi connectivity index (χ0v) is 15.9. The van der Waals surface area contributed by atoms with E-state index in [2.05, 4.69) is 4.90 Å². The zero-order chi connectivity index (χ0) is 15.4. The van der Waals surface area contributed by atoms with Gasteiger partial charge in [0.25, 0.3) is 5.91 Å². The van der Waals surface area contributed by atoms with E-state index in [1.54, 1.807) is 0 Å². The van der Waals surface area contributed by atoms with Crippen molar-refractivity contribution in [2.24, 2.45) is 11.7 Å². The molecular formula is C16H31Cl2N3O3. The Morgan fingerprint density at radius 2 is 1.83 bits per heavy atom. The summed E-state index contributed by atoms with van der Waals surface area (Å²) in [5.74, 6) is 0.769. The van der Waals surface area contributed by atoms with Crippen molar-refractivity contribution in [1.29, 1.82) is 0 Å². The van der Waals surface area contributed by atoms with Gasteiger partial charge in [0.2, 0.25) is 0 Å². The lowest BCUT2D eigenvalue weighted by Gasteiger charge is -2.37. The van der Waals surface area contributed by atoms with Crippen LogP contribution in [-0.2, 0) is 14.3 Å². The largest absolute Gasteiger partial charge is 0.379 e. The highest BCUT2D eigenvalue weighted by Crippen LogP contribution is 2.24. The van der Waals surface area contributed by atoms with Crippen molar-refractivity contribution in [2.75, 3.05) is 52.5 Å². The second-order valence-corrected chi connectivity index (χ2v) is 6.77. The minimum absolute atomic E-state index is 0. The first-order valence-corrected chi connectivity index (χ1v) is 8.70. The highest BCUT2D eigenvalue weighted by atomic mass is 35.5. The number of carbonyl (C=O) groups excluding carboxylic acids is 1. The minimum Gasteiger partial charge on any atom is -0.379 e. The standard InChI is InChI=1S/C16H29N3O3.2ClH/c17-10-14-3-4-15(22-14)16(20)19-5-1-2-13(12-19)11-18-6-8-21-9-7-18;;/h13-15H,1-12,17H2;2*1H/t13?,14-,15+;;/m1../s1. The molecule has 0 aromatic heterocycles. The van der Waals surface area contributed by atoms with E-state index in [-0.39, 0.29) is 42.9 Å². The lowest BCUT2D eigenvalue weighted by atomic mass is 9.96. The second kappa shape index (κ2) is 10.8. The molecule has 2 N–H and O–H groups in total. The Morgan fingerprint density at radius 1 is 1.08 bits per heavy atom. The number of rotatable bonds is 4. The van der Waals surface area contributed by atoms with Gasteiger partial charge in [0, 0.05) is 39.3 Å². The number of morpholine rings is 1. The molecule has 24 heavy (non-hydrogen) atoms. The fourth-order valence-corrected chi connectivity index (χ4v) is 3.83. The maximum Gasteiger partial charge on any atom is 0.251 e. The molecule has 0 aliphatic carbocycles. The third kappa shape index (κ3) is 5.71. The Balaban J connectivity index is 0.00000144. The molecule has 0 bridgehead atoms. The Hall–Kier alpha value is -0.110. The summed E-state index contributed by atoms with van der Waals surface area (Å²) < 4.78 is 11.2. The summed E-state index contributed by atoms with van der Waals surface area (Å²) in [5, 5.41) is 0. The predicted molar refractivity (Wildman–Crippen MR) is 98.0 cm³/mol. The van der Waals surface area contributed by atoms with Gasteiger partial charge in [0.1, 0.15) is 6.10 Å². The van der Waals surface area contributed by atoms with Crippen LogP contribution in [0.1, 0.15) is 25.7 Å². The van der Waals surface area contributed by atoms with E-state index in [0.717, 1.165) is 65.2 Å². The second-order valence-electron chi connectivity index (χ2n) is 6.77. The molecule has 142 valence electrons. The van der Waals surface area contributed by atoms with E-state index in [4.69, 9.17) is 15.2 Å². The Morgan fingerprint density at radius 3 is 2.50 bits per heavy atom. The molecule has 8 heteroatoms. The van der Waals surface area contributed by atoms with Crippen LogP contribution in [0.2, 0.25) is 0 Å². The van der Waals surface area contributed by atoms with Crippen LogP contribution in [-0.4, -0.2) is 80.4 Å². The van der Waals surface area contributed by atoms with Crippen LogP contribution in [0.15, 0.2) is 0 Å². The molecule has 3 aliphatic heterocycles. The van der Waals surface area contributed by atoms with Crippen molar-refractivity contribution in [3.8, 4) is 0 Å². The molecule has 1 amide bonds. The lowest BCUT2D eigenvalue weighted by Crippen LogP contribution is -2.48. The predicted octanol–water partition coefficient (Wildman–Crippen LogP) is 0.907. The van der Waals surface area contributed by atoms with E-state index >= 15 is 0 Å². The van der Waals surface area contributed by atoms with Crippen LogP contribution < -0.4 is 5.73 Å². The number of likely N-dealkylation sites (tertiary alicyclic amines) is 1. The average Bonchev–Trinajstić information content (AvgIpc) is 3.04. The molecule has 0 saturated carbocycles. The quantitative estimate of drug-likeness (QED) is 0.781. The number of halogens is 2. The number of amides is 1. The van der Waals surface area contributed by atoms with Gasteiger partial charge in [-0.2, -0.15) is 0 Å². The number of nitrogens with zero attached hydrogens (tertiary/aromatic N) is 2. The van der Waals surface area contributed by atoms with Gasteiger partial charge in [0.15, 0.2) is 0 Å². The van der Waals surface area contributed by atoms with Crippen LogP contribution in [0.4, 0.5) is 0 Å². The normalized spacial score (nSPS) is 31.2. The topological polar surface area (TPSA) is 68.0 Å². The van der Waals surface area contributed by atoms with Crippen LogP contribution in [0.5, 0.6) is 0 Å². The van der Waals surface area contributed by atoms with Crippen LogP contribution >= 0.6 is 24.8 Å². The number of hydrogen-bond donors (Lipinski definition) is 1. The van der Waals surface area contributed by atoms with E-state index in [0.29, 0.717) is 12.5 Å². The summed E-state index contributed by atoms with van der Waals surface area (Å²) in [5.41, 5.74) is 5.64. The van der Waals surface area contributed by atoms with Crippen molar-refractivity contribution in [3.05, 3.63) is 0 Å². The molecule has 3 saturated heterocycles. The molecule has 1 unspecified atom stereocenters. The molecule has 3 atom stereocenters. The zero-order valence-electron chi connectivity index (χ0n) is 14.2. The van der Waals surface area contributed by atoms with Gasteiger partial charge in [-0.25, -0.2) is 0 Å². The number of carbonyl (C=O) groups is 1. The first-order valence-electron chi connectivity index (χ1n) is 8.70. The van der Waals surface area contributed by atoms with E-state index < -0.39 is 0 Å². The summed E-state index contributed by atoms with van der Waals surface area (Å²) in [6.07, 6.45) is 3.88. The molecule has 0 aromatic rings. The Labute approximate surface area is 157 Å². The van der Waals surface area contributed by atoms with E-state index in [1.807, 2.05) is 4.90 Å². The van der Waals surface area contributed by atoms with Crippen molar-refractivity contribution in [1.82, 2.24) is 9.80 Å². The average molecular weight is 384 g/mol. The maximum absolute atomic E-state index is 12.6. The molecule has 0 aromatic carbocycles. The van der Waals surface area contributed by atoms with Crippen molar-refractivity contribution >= 4 is 30.7 Å². The summed E-state index contributed by atoms with van der Waals surface area (Å²) in [6, 6.07) is 0. The fraction of sp³-hybridized carbons (Fsp3) is 0.938. The molecule has 3 rings (SSSR count). The molecular weight excluding hydrogens is 353 g/mol. The Kier molecular flexibility index (Phi) is 9.86. The minimum atomic E-state index is -0.254. The first kappa shape index (κ1) is 21.9. The van der Waals surface area contributed by atoms with Gasteiger partial charge in [-0.1, -0.05) is 0 Å².